The van der Waals surface area contributed by atoms with Crippen LogP contribution in [0.3, 0.4) is 0 Å². The van der Waals surface area contributed by atoms with Crippen molar-refractivity contribution >= 4 is 33.7 Å². The zero-order chi connectivity index (χ0) is 17.9. The molecule has 0 spiro atoms. The van der Waals surface area contributed by atoms with Crippen molar-refractivity contribution in [3.63, 3.8) is 0 Å². The third-order valence-electron chi connectivity index (χ3n) is 4.01. The Labute approximate surface area is 149 Å². The van der Waals surface area contributed by atoms with Crippen LogP contribution in [0.4, 0.5) is 10.5 Å². The molecule has 0 aliphatic rings. The number of hydrogen-bond acceptors (Lipinski definition) is 4. The molecule has 0 atom stereocenters. The number of nitrogens with one attached hydrogen (secondary N) is 1. The van der Waals surface area contributed by atoms with Crippen molar-refractivity contribution in [1.29, 1.82) is 0 Å². The van der Waals surface area contributed by atoms with E-state index in [4.69, 9.17) is 9.15 Å². The zero-order valence-electron chi connectivity index (χ0n) is 13.9. The van der Waals surface area contributed by atoms with Gasteiger partial charge in [0.05, 0.1) is 11.3 Å². The number of carbonyl (C=O) groups is 1. The van der Waals surface area contributed by atoms with Crippen LogP contribution in [0.15, 0.2) is 77.7 Å². The number of hydrogen-bond donors (Lipinski definition) is 1. The molecule has 1 heterocycles. The van der Waals surface area contributed by atoms with Gasteiger partial charge in [-0.3, -0.25) is 5.32 Å². The van der Waals surface area contributed by atoms with E-state index in [-0.39, 0.29) is 6.61 Å². The summed E-state index contributed by atoms with van der Waals surface area (Å²) in [5.74, 6) is 0.441. The molecule has 5 nitrogen and oxygen atoms in total. The van der Waals surface area contributed by atoms with Crippen LogP contribution in [0.25, 0.3) is 33.3 Å². The van der Waals surface area contributed by atoms with Gasteiger partial charge in [0.15, 0.2) is 5.58 Å². The molecule has 1 aromatic heterocycles. The summed E-state index contributed by atoms with van der Waals surface area (Å²) in [7, 11) is 0. The summed E-state index contributed by atoms with van der Waals surface area (Å²) in [5, 5.41) is 4.84. The molecule has 1 amide bonds. The van der Waals surface area contributed by atoms with Gasteiger partial charge in [0, 0.05) is 5.39 Å². The summed E-state index contributed by atoms with van der Waals surface area (Å²) in [6.07, 6.45) is 0.955. The van der Waals surface area contributed by atoms with Gasteiger partial charge in [-0.2, -0.15) is 0 Å². The fourth-order valence-corrected chi connectivity index (χ4v) is 2.84. The van der Waals surface area contributed by atoms with Crippen molar-refractivity contribution in [2.24, 2.45) is 0 Å². The zero-order valence-corrected chi connectivity index (χ0v) is 13.9. The molecule has 0 radical (unpaired) electrons. The molecule has 5 heteroatoms. The molecule has 4 aromatic rings. The molecular weight excluding hydrogens is 328 g/mol. The van der Waals surface area contributed by atoms with Gasteiger partial charge < -0.3 is 9.15 Å². The molecule has 1 N–H and O–H groups in total. The van der Waals surface area contributed by atoms with E-state index in [1.54, 1.807) is 6.07 Å². The maximum atomic E-state index is 11.9. The Balaban J connectivity index is 1.77. The first kappa shape index (κ1) is 15.9. The average Bonchev–Trinajstić information content (AvgIpc) is 3.11. The lowest BCUT2D eigenvalue weighted by Gasteiger charge is -2.08. The van der Waals surface area contributed by atoms with Crippen molar-refractivity contribution in [3.8, 4) is 11.5 Å². The number of para-hydroxylation sites is 1. The molecule has 128 valence electrons. The van der Waals surface area contributed by atoms with Crippen LogP contribution in [-0.2, 0) is 4.74 Å². The van der Waals surface area contributed by atoms with Crippen LogP contribution in [0.2, 0.25) is 0 Å². The molecule has 0 aliphatic heterocycles. The lowest BCUT2D eigenvalue weighted by atomic mass is 10.1. The van der Waals surface area contributed by atoms with E-state index in [9.17, 15) is 4.79 Å². The normalized spacial score (nSPS) is 10.8. The predicted molar refractivity (Wildman–Crippen MR) is 102 cm³/mol. The molecule has 0 saturated carbocycles. The topological polar surface area (TPSA) is 64.4 Å². The monoisotopic (exact) mass is 344 g/mol. The van der Waals surface area contributed by atoms with E-state index in [0.717, 1.165) is 16.3 Å². The quantitative estimate of drug-likeness (QED) is 0.505. The lowest BCUT2D eigenvalue weighted by molar-refractivity contribution is 0.174. The molecule has 0 unspecified atom stereocenters. The van der Waals surface area contributed by atoms with Crippen LogP contribution < -0.4 is 5.32 Å². The highest BCUT2D eigenvalue weighted by Crippen LogP contribution is 2.33. The molecule has 0 aliphatic carbocycles. The number of amides is 1. The van der Waals surface area contributed by atoms with E-state index in [0.29, 0.717) is 22.7 Å². The maximum absolute atomic E-state index is 11.9. The Morgan fingerprint density at radius 3 is 2.81 bits per heavy atom. The summed E-state index contributed by atoms with van der Waals surface area (Å²) in [4.78, 5) is 16.5. The number of benzene rings is 3. The second kappa shape index (κ2) is 6.72. The molecule has 0 bridgehead atoms. The minimum Gasteiger partial charge on any atom is -0.445 e. The molecule has 26 heavy (non-hydrogen) atoms. The first-order chi connectivity index (χ1) is 12.8. The second-order valence-corrected chi connectivity index (χ2v) is 5.71. The van der Waals surface area contributed by atoms with Crippen molar-refractivity contribution in [3.05, 3.63) is 73.3 Å². The van der Waals surface area contributed by atoms with Gasteiger partial charge in [0.2, 0.25) is 5.89 Å². The van der Waals surface area contributed by atoms with E-state index in [2.05, 4.69) is 16.9 Å². The summed E-state index contributed by atoms with van der Waals surface area (Å²) in [6, 6.07) is 19.2. The highest BCUT2D eigenvalue weighted by atomic mass is 16.5. The third-order valence-corrected chi connectivity index (χ3v) is 4.01. The Bertz CT molecular complexity index is 1110. The lowest BCUT2D eigenvalue weighted by Crippen LogP contribution is -2.14. The number of aromatic nitrogens is 1. The molecule has 0 fully saturated rings. The first-order valence-electron chi connectivity index (χ1n) is 8.18. The molecule has 4 rings (SSSR count). The van der Waals surface area contributed by atoms with Gasteiger partial charge in [-0.15, -0.1) is 0 Å². The first-order valence-corrected chi connectivity index (χ1v) is 8.18. The van der Waals surface area contributed by atoms with Gasteiger partial charge in [-0.1, -0.05) is 55.1 Å². The molecule has 0 saturated heterocycles. The minimum atomic E-state index is -0.557. The average molecular weight is 344 g/mol. The fourth-order valence-electron chi connectivity index (χ4n) is 2.84. The van der Waals surface area contributed by atoms with Crippen molar-refractivity contribution in [2.45, 2.75) is 0 Å². The summed E-state index contributed by atoms with van der Waals surface area (Å²) < 4.78 is 10.9. The third kappa shape index (κ3) is 2.91. The van der Waals surface area contributed by atoms with Gasteiger partial charge in [0.1, 0.15) is 12.1 Å². The minimum absolute atomic E-state index is 0.142. The smallest absolute Gasteiger partial charge is 0.411 e. The summed E-state index contributed by atoms with van der Waals surface area (Å²) in [6.45, 7) is 3.67. The maximum Gasteiger partial charge on any atom is 0.411 e. The van der Waals surface area contributed by atoms with E-state index in [1.807, 2.05) is 54.6 Å². The number of fused-ring (bicyclic) bond motifs is 3. The Kier molecular flexibility index (Phi) is 4.11. The van der Waals surface area contributed by atoms with Crippen molar-refractivity contribution in [1.82, 2.24) is 4.98 Å². The Hall–Kier alpha value is -3.60. The van der Waals surface area contributed by atoms with Gasteiger partial charge in [-0.05, 0) is 23.6 Å². The van der Waals surface area contributed by atoms with Crippen LogP contribution in [-0.4, -0.2) is 17.7 Å². The number of anilines is 1. The number of ether oxygens (including phenoxy) is 1. The number of nitrogens with zero attached hydrogens (tertiary/aromatic N) is 1. The Morgan fingerprint density at radius 1 is 1.12 bits per heavy atom. The highest BCUT2D eigenvalue weighted by Gasteiger charge is 2.15. The predicted octanol–water partition coefficient (Wildman–Crippen LogP) is 5.38. The Morgan fingerprint density at radius 2 is 1.92 bits per heavy atom. The highest BCUT2D eigenvalue weighted by molar-refractivity contribution is 6.04. The largest absolute Gasteiger partial charge is 0.445 e. The van der Waals surface area contributed by atoms with E-state index in [1.165, 1.54) is 6.08 Å². The number of carbonyl (C=O) groups excluding carboxylic acids is 1. The fraction of sp³-hybridized carbons (Fsp3) is 0.0476. The van der Waals surface area contributed by atoms with Gasteiger partial charge in [-0.25, -0.2) is 9.78 Å². The van der Waals surface area contributed by atoms with Gasteiger partial charge >= 0.3 is 6.09 Å². The second-order valence-electron chi connectivity index (χ2n) is 5.71. The SMILES string of the molecule is C=CCOC(=O)Nc1ccccc1-c1nc2c(ccc3ccccc32)o1. The summed E-state index contributed by atoms with van der Waals surface area (Å²) in [5.41, 5.74) is 2.74. The van der Waals surface area contributed by atoms with Crippen LogP contribution in [0, 0.1) is 0 Å². The van der Waals surface area contributed by atoms with Crippen LogP contribution in [0.5, 0.6) is 0 Å². The van der Waals surface area contributed by atoms with Crippen LogP contribution in [0.1, 0.15) is 0 Å². The van der Waals surface area contributed by atoms with Crippen molar-refractivity contribution in [2.75, 3.05) is 11.9 Å². The number of oxazole rings is 1. The summed E-state index contributed by atoms with van der Waals surface area (Å²) >= 11 is 0. The van der Waals surface area contributed by atoms with E-state index >= 15 is 0 Å². The number of rotatable bonds is 4. The standard InChI is InChI=1S/C21H16N2O3/c1-2-13-25-21(24)22-17-10-6-5-9-16(17)20-23-19-15-8-4-3-7-14(15)11-12-18(19)26-20/h2-12H,1,13H2,(H,22,24). The van der Waals surface area contributed by atoms with Crippen molar-refractivity contribution < 1.29 is 13.9 Å². The van der Waals surface area contributed by atoms with Crippen LogP contribution >= 0.6 is 0 Å². The van der Waals surface area contributed by atoms with Gasteiger partial charge in [0.25, 0.3) is 0 Å². The van der Waals surface area contributed by atoms with E-state index < -0.39 is 6.09 Å². The molecule has 3 aromatic carbocycles. The molecular formula is C21H16N2O3.